The van der Waals surface area contributed by atoms with E-state index in [4.69, 9.17) is 4.74 Å². The van der Waals surface area contributed by atoms with Crippen LogP contribution < -0.4 is 9.64 Å². The van der Waals surface area contributed by atoms with Gasteiger partial charge in [-0.2, -0.15) is 0 Å². The molecule has 0 spiro atoms. The number of likely N-dealkylation sites (N-methyl/N-ethyl adjacent to an activating group) is 1. The Hall–Kier alpha value is -2.51. The number of amides is 1. The van der Waals surface area contributed by atoms with Crippen molar-refractivity contribution >= 4 is 32.6 Å². The molecule has 0 bridgehead atoms. The first kappa shape index (κ1) is 20.2. The monoisotopic (exact) mass is 401 g/mol. The zero-order valence-electron chi connectivity index (χ0n) is 16.3. The van der Waals surface area contributed by atoms with Gasteiger partial charge < -0.3 is 9.64 Å². The number of nitrogens with zero attached hydrogens (tertiary/aromatic N) is 3. The van der Waals surface area contributed by atoms with Crippen LogP contribution in [0, 0.1) is 5.82 Å². The van der Waals surface area contributed by atoms with Crippen molar-refractivity contribution in [1.82, 2.24) is 9.88 Å². The van der Waals surface area contributed by atoms with Crippen LogP contribution in [0.5, 0.6) is 5.75 Å². The molecule has 0 aliphatic rings. The molecule has 148 valence electrons. The highest BCUT2D eigenvalue weighted by molar-refractivity contribution is 7.22. The normalized spacial score (nSPS) is 11.2. The average molecular weight is 402 g/mol. The van der Waals surface area contributed by atoms with Crippen LogP contribution in [0.25, 0.3) is 10.2 Å². The summed E-state index contributed by atoms with van der Waals surface area (Å²) in [5.74, 6) is 0.0649. The lowest BCUT2D eigenvalue weighted by Gasteiger charge is -2.24. The second kappa shape index (κ2) is 9.12. The lowest BCUT2D eigenvalue weighted by molar-refractivity contribution is 0.0983. The number of halogens is 1. The maximum Gasteiger partial charge on any atom is 0.260 e. The molecule has 7 heteroatoms. The van der Waals surface area contributed by atoms with Crippen molar-refractivity contribution in [1.29, 1.82) is 0 Å². The third kappa shape index (κ3) is 4.48. The minimum absolute atomic E-state index is 0.252. The smallest absolute Gasteiger partial charge is 0.260 e. The Bertz CT molecular complexity index is 956. The Balaban J connectivity index is 1.96. The van der Waals surface area contributed by atoms with Crippen LogP contribution in [0.15, 0.2) is 42.5 Å². The van der Waals surface area contributed by atoms with E-state index in [9.17, 15) is 9.18 Å². The third-order valence-corrected chi connectivity index (χ3v) is 5.71. The van der Waals surface area contributed by atoms with Gasteiger partial charge in [0.25, 0.3) is 5.91 Å². The fourth-order valence-electron chi connectivity index (χ4n) is 2.98. The van der Waals surface area contributed by atoms with E-state index in [0.717, 1.165) is 29.1 Å². The summed E-state index contributed by atoms with van der Waals surface area (Å²) in [4.78, 5) is 21.7. The fourth-order valence-corrected chi connectivity index (χ4v) is 4.00. The molecular weight excluding hydrogens is 377 g/mol. The lowest BCUT2D eigenvalue weighted by atomic mass is 10.2. The number of aromatic nitrogens is 1. The summed E-state index contributed by atoms with van der Waals surface area (Å²) in [6.45, 7) is 7.17. The summed E-state index contributed by atoms with van der Waals surface area (Å²) in [6, 6.07) is 11.4. The summed E-state index contributed by atoms with van der Waals surface area (Å²) >= 11 is 1.43. The van der Waals surface area contributed by atoms with E-state index in [2.05, 4.69) is 23.7 Å². The minimum Gasteiger partial charge on any atom is -0.497 e. The van der Waals surface area contributed by atoms with Crippen LogP contribution in [-0.4, -0.2) is 49.1 Å². The molecule has 0 unspecified atom stereocenters. The van der Waals surface area contributed by atoms with Gasteiger partial charge >= 0.3 is 0 Å². The van der Waals surface area contributed by atoms with Crippen molar-refractivity contribution in [2.45, 2.75) is 13.8 Å². The van der Waals surface area contributed by atoms with E-state index in [1.54, 1.807) is 24.1 Å². The standard InChI is InChI=1S/C21H24FN3O2S/c1-4-24(5-2)11-12-25(20(26)15-7-6-8-16(22)13-15)21-23-18-10-9-17(27-3)14-19(18)28-21/h6-10,13-14H,4-5,11-12H2,1-3H3. The topological polar surface area (TPSA) is 45.7 Å². The first-order chi connectivity index (χ1) is 13.5. The van der Waals surface area contributed by atoms with Crippen LogP contribution >= 0.6 is 11.3 Å². The number of ether oxygens (including phenoxy) is 1. The Labute approximate surface area is 168 Å². The molecule has 1 heterocycles. The summed E-state index contributed by atoms with van der Waals surface area (Å²) in [5.41, 5.74) is 1.12. The Kier molecular flexibility index (Phi) is 6.59. The van der Waals surface area contributed by atoms with Crippen molar-refractivity contribution in [3.63, 3.8) is 0 Å². The van der Waals surface area contributed by atoms with Crippen LogP contribution in [0.3, 0.4) is 0 Å². The molecule has 0 aliphatic carbocycles. The van der Waals surface area contributed by atoms with Crippen molar-refractivity contribution < 1.29 is 13.9 Å². The van der Waals surface area contributed by atoms with Gasteiger partial charge in [0, 0.05) is 18.7 Å². The predicted molar refractivity (Wildman–Crippen MR) is 112 cm³/mol. The minimum atomic E-state index is -0.427. The Morgan fingerprint density at radius 3 is 2.61 bits per heavy atom. The molecule has 0 saturated heterocycles. The molecule has 3 aromatic rings. The Morgan fingerprint density at radius 1 is 1.14 bits per heavy atom. The molecule has 0 N–H and O–H groups in total. The van der Waals surface area contributed by atoms with Crippen LogP contribution in [-0.2, 0) is 0 Å². The first-order valence-corrected chi connectivity index (χ1v) is 10.1. The summed E-state index contributed by atoms with van der Waals surface area (Å²) in [7, 11) is 1.62. The van der Waals surface area contributed by atoms with E-state index in [-0.39, 0.29) is 5.91 Å². The van der Waals surface area contributed by atoms with Crippen LogP contribution in [0.2, 0.25) is 0 Å². The molecule has 1 amide bonds. The highest BCUT2D eigenvalue weighted by atomic mass is 32.1. The van der Waals surface area contributed by atoms with E-state index in [0.29, 0.717) is 23.8 Å². The van der Waals surface area contributed by atoms with Gasteiger partial charge in [0.15, 0.2) is 5.13 Å². The maximum atomic E-state index is 13.7. The molecule has 0 radical (unpaired) electrons. The van der Waals surface area contributed by atoms with Gasteiger partial charge in [0.05, 0.1) is 17.3 Å². The Morgan fingerprint density at radius 2 is 1.93 bits per heavy atom. The maximum absolute atomic E-state index is 13.7. The number of benzene rings is 2. The second-order valence-electron chi connectivity index (χ2n) is 6.32. The average Bonchev–Trinajstić information content (AvgIpc) is 3.13. The van der Waals surface area contributed by atoms with Gasteiger partial charge in [0.1, 0.15) is 11.6 Å². The highest BCUT2D eigenvalue weighted by Crippen LogP contribution is 2.32. The molecule has 3 rings (SSSR count). The molecule has 28 heavy (non-hydrogen) atoms. The number of anilines is 1. The summed E-state index contributed by atoms with van der Waals surface area (Å²) in [6.07, 6.45) is 0. The number of methoxy groups -OCH3 is 1. The molecule has 0 saturated carbocycles. The predicted octanol–water partition coefficient (Wildman–Crippen LogP) is 4.43. The molecule has 1 aromatic heterocycles. The molecule has 2 aromatic carbocycles. The van der Waals surface area contributed by atoms with Crippen molar-refractivity contribution in [2.24, 2.45) is 0 Å². The molecular formula is C21H24FN3O2S. The van der Waals surface area contributed by atoms with Crippen LogP contribution in [0.4, 0.5) is 9.52 Å². The van der Waals surface area contributed by atoms with Crippen molar-refractivity contribution in [3.8, 4) is 5.75 Å². The van der Waals surface area contributed by atoms with Gasteiger partial charge in [-0.15, -0.1) is 0 Å². The second-order valence-corrected chi connectivity index (χ2v) is 7.33. The SMILES string of the molecule is CCN(CC)CCN(C(=O)c1cccc(F)c1)c1nc2ccc(OC)cc2s1. The van der Waals surface area contributed by atoms with Gasteiger partial charge in [-0.05, 0) is 49.5 Å². The lowest BCUT2D eigenvalue weighted by Crippen LogP contribution is -2.38. The molecule has 5 nitrogen and oxygen atoms in total. The van der Waals surface area contributed by atoms with E-state index in [1.165, 1.54) is 23.5 Å². The fraction of sp³-hybridized carbons (Fsp3) is 0.333. The van der Waals surface area contributed by atoms with Crippen LogP contribution in [0.1, 0.15) is 24.2 Å². The number of fused-ring (bicyclic) bond motifs is 1. The number of carbonyl (C=O) groups excluding carboxylic acids is 1. The van der Waals surface area contributed by atoms with E-state index in [1.807, 2.05) is 18.2 Å². The summed E-state index contributed by atoms with van der Waals surface area (Å²) < 4.78 is 19.9. The molecule has 0 aliphatic heterocycles. The van der Waals surface area contributed by atoms with Gasteiger partial charge in [0.2, 0.25) is 0 Å². The number of rotatable bonds is 8. The highest BCUT2D eigenvalue weighted by Gasteiger charge is 2.22. The zero-order valence-corrected chi connectivity index (χ0v) is 17.1. The summed E-state index contributed by atoms with van der Waals surface area (Å²) in [5, 5.41) is 0.602. The number of hydrogen-bond acceptors (Lipinski definition) is 5. The molecule has 0 fully saturated rings. The zero-order chi connectivity index (χ0) is 20.1. The number of carbonyl (C=O) groups is 1. The van der Waals surface area contributed by atoms with Crippen molar-refractivity contribution in [2.75, 3.05) is 38.2 Å². The largest absolute Gasteiger partial charge is 0.497 e. The third-order valence-electron chi connectivity index (χ3n) is 4.67. The van der Waals surface area contributed by atoms with Crippen molar-refractivity contribution in [3.05, 3.63) is 53.8 Å². The molecule has 0 atom stereocenters. The quantitative estimate of drug-likeness (QED) is 0.560. The van der Waals surface area contributed by atoms with Gasteiger partial charge in [-0.3, -0.25) is 9.69 Å². The van der Waals surface area contributed by atoms with E-state index < -0.39 is 5.82 Å². The van der Waals surface area contributed by atoms with Gasteiger partial charge in [-0.1, -0.05) is 31.3 Å². The first-order valence-electron chi connectivity index (χ1n) is 9.30. The van der Waals surface area contributed by atoms with Gasteiger partial charge in [-0.25, -0.2) is 9.37 Å². The van der Waals surface area contributed by atoms with E-state index >= 15 is 0 Å². The number of thiazole rings is 1. The number of hydrogen-bond donors (Lipinski definition) is 0.